The van der Waals surface area contributed by atoms with E-state index in [2.05, 4.69) is 20.6 Å². The number of carbonyl (C=O) groups excluding carboxylic acids is 1. The molecular formula is C22H15Cl2N5O2S. The first kappa shape index (κ1) is 20.7. The number of aryl methyl sites for hydroxylation is 2. The van der Waals surface area contributed by atoms with Crippen molar-refractivity contribution < 1.29 is 9.21 Å². The lowest BCUT2D eigenvalue weighted by atomic mass is 10.1. The zero-order valence-electron chi connectivity index (χ0n) is 16.9. The molecule has 5 aromatic rings. The lowest BCUT2D eigenvalue weighted by Gasteiger charge is -2.08. The first-order chi connectivity index (χ1) is 15.4. The average molecular weight is 484 g/mol. The number of hydrogen-bond donors (Lipinski definition) is 1. The van der Waals surface area contributed by atoms with Crippen molar-refractivity contribution in [1.82, 2.24) is 19.8 Å². The van der Waals surface area contributed by atoms with Crippen molar-refractivity contribution in [3.8, 4) is 21.9 Å². The number of carbonyl (C=O) groups is 1. The molecule has 10 heteroatoms. The van der Waals surface area contributed by atoms with Gasteiger partial charge in [0.25, 0.3) is 5.91 Å². The van der Waals surface area contributed by atoms with Crippen LogP contribution >= 0.6 is 34.5 Å². The van der Waals surface area contributed by atoms with Crippen molar-refractivity contribution in [2.24, 2.45) is 0 Å². The van der Waals surface area contributed by atoms with Crippen LogP contribution in [0.2, 0.25) is 10.0 Å². The Morgan fingerprint density at radius 3 is 2.66 bits per heavy atom. The fourth-order valence-corrected chi connectivity index (χ4v) is 4.63. The van der Waals surface area contributed by atoms with Crippen molar-refractivity contribution in [3.63, 3.8) is 0 Å². The topological polar surface area (TPSA) is 85.3 Å². The van der Waals surface area contributed by atoms with Gasteiger partial charge in [-0.1, -0.05) is 34.5 Å². The summed E-state index contributed by atoms with van der Waals surface area (Å²) in [6.07, 6.45) is 0. The van der Waals surface area contributed by atoms with Gasteiger partial charge >= 0.3 is 0 Å². The van der Waals surface area contributed by atoms with Crippen molar-refractivity contribution in [2.45, 2.75) is 13.8 Å². The van der Waals surface area contributed by atoms with E-state index in [1.165, 1.54) is 11.3 Å². The zero-order valence-corrected chi connectivity index (χ0v) is 19.2. The summed E-state index contributed by atoms with van der Waals surface area (Å²) in [6.45, 7) is 3.78. The molecular weight excluding hydrogens is 469 g/mol. The highest BCUT2D eigenvalue weighted by molar-refractivity contribution is 7.19. The molecule has 0 radical (unpaired) electrons. The van der Waals surface area contributed by atoms with Crippen molar-refractivity contribution in [1.29, 1.82) is 0 Å². The Bertz CT molecular complexity index is 1490. The summed E-state index contributed by atoms with van der Waals surface area (Å²) in [5.41, 5.74) is 3.18. The van der Waals surface area contributed by atoms with E-state index >= 15 is 0 Å². The fraction of sp³-hybridized carbons (Fsp3) is 0.0909. The van der Waals surface area contributed by atoms with Gasteiger partial charge in [-0.3, -0.25) is 4.79 Å². The molecule has 0 aliphatic carbocycles. The van der Waals surface area contributed by atoms with Crippen LogP contribution in [0.5, 0.6) is 0 Å². The van der Waals surface area contributed by atoms with E-state index in [4.69, 9.17) is 27.6 Å². The second kappa shape index (κ2) is 8.05. The number of anilines is 1. The monoisotopic (exact) mass is 483 g/mol. The standard InChI is InChI=1S/C22H15Cl2N5O2S/c1-11-9-13(21-28-29-12(2)26-27-22(29)32-21)3-6-17(11)25-20(30)19-8-7-18(31-19)15-5-4-14(23)10-16(15)24/h3-10H,1-2H3,(H,25,30). The Balaban J connectivity index is 1.36. The molecule has 0 atom stereocenters. The Morgan fingerprint density at radius 2 is 1.91 bits per heavy atom. The first-order valence-electron chi connectivity index (χ1n) is 9.55. The van der Waals surface area contributed by atoms with Gasteiger partial charge in [0.2, 0.25) is 4.96 Å². The molecule has 0 saturated heterocycles. The van der Waals surface area contributed by atoms with Crippen LogP contribution in [0.3, 0.4) is 0 Å². The molecule has 32 heavy (non-hydrogen) atoms. The third kappa shape index (κ3) is 3.77. The second-order valence-electron chi connectivity index (χ2n) is 7.12. The van der Waals surface area contributed by atoms with Gasteiger partial charge in [0.15, 0.2) is 11.6 Å². The molecule has 2 aromatic carbocycles. The van der Waals surface area contributed by atoms with Crippen molar-refractivity contribution in [2.75, 3.05) is 5.32 Å². The molecule has 0 aliphatic rings. The molecule has 3 aromatic heterocycles. The van der Waals surface area contributed by atoms with Crippen LogP contribution in [0.15, 0.2) is 52.9 Å². The minimum Gasteiger partial charge on any atom is -0.451 e. The summed E-state index contributed by atoms with van der Waals surface area (Å²) in [6, 6.07) is 14.1. The number of hydrogen-bond acceptors (Lipinski definition) is 6. The lowest BCUT2D eigenvalue weighted by Crippen LogP contribution is -2.11. The summed E-state index contributed by atoms with van der Waals surface area (Å²) in [4.78, 5) is 13.5. The molecule has 1 amide bonds. The van der Waals surface area contributed by atoms with E-state index in [1.807, 2.05) is 32.0 Å². The van der Waals surface area contributed by atoms with Crippen LogP contribution in [-0.4, -0.2) is 25.7 Å². The van der Waals surface area contributed by atoms with Crippen LogP contribution in [0, 0.1) is 13.8 Å². The van der Waals surface area contributed by atoms with E-state index in [-0.39, 0.29) is 11.7 Å². The van der Waals surface area contributed by atoms with Gasteiger partial charge in [-0.05, 0) is 67.9 Å². The molecule has 160 valence electrons. The normalized spacial score (nSPS) is 11.2. The van der Waals surface area contributed by atoms with E-state index in [9.17, 15) is 4.79 Å². The van der Waals surface area contributed by atoms with Crippen LogP contribution < -0.4 is 5.32 Å². The highest BCUT2D eigenvalue weighted by atomic mass is 35.5. The maximum absolute atomic E-state index is 12.7. The minimum atomic E-state index is -0.355. The molecule has 1 N–H and O–H groups in total. The van der Waals surface area contributed by atoms with Crippen molar-refractivity contribution in [3.05, 3.63) is 75.7 Å². The van der Waals surface area contributed by atoms with Crippen LogP contribution in [0.25, 0.3) is 26.9 Å². The highest BCUT2D eigenvalue weighted by Crippen LogP contribution is 2.32. The number of nitrogens with one attached hydrogen (secondary N) is 1. The van der Waals surface area contributed by atoms with Gasteiger partial charge in [-0.25, -0.2) is 0 Å². The van der Waals surface area contributed by atoms with Crippen LogP contribution in [-0.2, 0) is 0 Å². The quantitative estimate of drug-likeness (QED) is 0.324. The molecule has 0 saturated carbocycles. The summed E-state index contributed by atoms with van der Waals surface area (Å²) in [5.74, 6) is 1.05. The van der Waals surface area contributed by atoms with E-state index in [1.54, 1.807) is 34.8 Å². The van der Waals surface area contributed by atoms with Gasteiger partial charge in [-0.2, -0.15) is 9.61 Å². The molecule has 0 unspecified atom stereocenters. The summed E-state index contributed by atoms with van der Waals surface area (Å²) < 4.78 is 7.44. The second-order valence-corrected chi connectivity index (χ2v) is 8.92. The average Bonchev–Trinajstić information content (AvgIpc) is 3.47. The first-order valence-corrected chi connectivity index (χ1v) is 11.1. The van der Waals surface area contributed by atoms with E-state index in [0.29, 0.717) is 27.1 Å². The largest absolute Gasteiger partial charge is 0.451 e. The maximum atomic E-state index is 12.7. The molecule has 0 spiro atoms. The smallest absolute Gasteiger partial charge is 0.291 e. The fourth-order valence-electron chi connectivity index (χ4n) is 3.25. The molecule has 0 bridgehead atoms. The van der Waals surface area contributed by atoms with E-state index in [0.717, 1.165) is 26.9 Å². The predicted molar refractivity (Wildman–Crippen MR) is 126 cm³/mol. The van der Waals surface area contributed by atoms with Gasteiger partial charge in [-0.15, -0.1) is 10.2 Å². The SMILES string of the molecule is Cc1cc(-c2nn3c(C)nnc3s2)ccc1NC(=O)c1ccc(-c2ccc(Cl)cc2Cl)o1. The minimum absolute atomic E-state index is 0.179. The number of rotatable bonds is 4. The van der Waals surface area contributed by atoms with Crippen LogP contribution in [0.4, 0.5) is 5.69 Å². The number of aromatic nitrogens is 4. The van der Waals surface area contributed by atoms with Gasteiger partial charge < -0.3 is 9.73 Å². The van der Waals surface area contributed by atoms with Crippen molar-refractivity contribution >= 4 is 51.1 Å². The van der Waals surface area contributed by atoms with E-state index < -0.39 is 0 Å². The molecule has 3 heterocycles. The zero-order chi connectivity index (χ0) is 22.4. The Kier molecular flexibility index (Phi) is 5.21. The number of amides is 1. The Hall–Kier alpha value is -3.20. The number of furan rings is 1. The van der Waals surface area contributed by atoms with Crippen LogP contribution in [0.1, 0.15) is 21.9 Å². The number of nitrogens with zero attached hydrogens (tertiary/aromatic N) is 4. The molecule has 5 rings (SSSR count). The van der Waals surface area contributed by atoms with Gasteiger partial charge in [0.05, 0.1) is 5.02 Å². The molecule has 0 aliphatic heterocycles. The molecule has 7 nitrogen and oxygen atoms in total. The number of benzene rings is 2. The van der Waals surface area contributed by atoms with Gasteiger partial charge in [0.1, 0.15) is 10.8 Å². The maximum Gasteiger partial charge on any atom is 0.291 e. The highest BCUT2D eigenvalue weighted by Gasteiger charge is 2.16. The Labute approximate surface area is 196 Å². The third-order valence-corrected chi connectivity index (χ3v) is 6.39. The Morgan fingerprint density at radius 1 is 1.06 bits per heavy atom. The number of fused-ring (bicyclic) bond motifs is 1. The number of halogens is 2. The summed E-state index contributed by atoms with van der Waals surface area (Å²) in [5, 5.41) is 17.4. The summed E-state index contributed by atoms with van der Waals surface area (Å²) >= 11 is 13.6. The predicted octanol–water partition coefficient (Wildman–Crippen LogP) is 6.29. The lowest BCUT2D eigenvalue weighted by molar-refractivity contribution is 0.0997. The molecule has 0 fully saturated rings. The van der Waals surface area contributed by atoms with Gasteiger partial charge in [0, 0.05) is 21.8 Å². The third-order valence-electron chi connectivity index (χ3n) is 4.89. The summed E-state index contributed by atoms with van der Waals surface area (Å²) in [7, 11) is 0.